The third kappa shape index (κ3) is 4.25. The van der Waals surface area contributed by atoms with Gasteiger partial charge < -0.3 is 15.8 Å². The normalized spacial score (nSPS) is 13.3. The van der Waals surface area contributed by atoms with Gasteiger partial charge in [0, 0.05) is 36.5 Å². The van der Waals surface area contributed by atoms with Crippen molar-refractivity contribution in [3.63, 3.8) is 0 Å². The molecule has 0 unspecified atom stereocenters. The number of nitrogens with one attached hydrogen (secondary N) is 1. The van der Waals surface area contributed by atoms with Crippen LogP contribution in [0, 0.1) is 11.8 Å². The van der Waals surface area contributed by atoms with Gasteiger partial charge >= 0.3 is 6.03 Å². The lowest BCUT2D eigenvalue weighted by atomic mass is 10.2. The summed E-state index contributed by atoms with van der Waals surface area (Å²) < 4.78 is 5.58. The molecule has 1 atom stereocenters. The SMILES string of the molecule is C[C@H](NC(=O)N1CCOc2ncc(C#Cc3cnc(N)nc3)cc21)c1ncccn1. The third-order valence-corrected chi connectivity index (χ3v) is 4.26. The molecule has 30 heavy (non-hydrogen) atoms. The van der Waals surface area contributed by atoms with Gasteiger partial charge in [0.1, 0.15) is 18.1 Å². The standard InChI is InChI=1S/C20H18N8O2/c1-13(17-22-5-2-6-23-17)27-20(29)28-7-8-30-18-16(28)9-14(10-24-18)3-4-15-11-25-19(21)26-12-15/h2,5-6,9-13H,7-8H2,1H3,(H,27,29)(H2,21,25,26)/t13-/m0/s1. The van der Waals surface area contributed by atoms with Crippen LogP contribution >= 0.6 is 0 Å². The van der Waals surface area contributed by atoms with Crippen LogP contribution in [0.1, 0.15) is 29.9 Å². The second-order valence-electron chi connectivity index (χ2n) is 6.41. The lowest BCUT2D eigenvalue weighted by molar-refractivity contribution is 0.235. The minimum Gasteiger partial charge on any atom is -0.474 e. The molecule has 150 valence electrons. The number of rotatable bonds is 2. The van der Waals surface area contributed by atoms with Gasteiger partial charge in [-0.15, -0.1) is 0 Å². The number of nitrogen functional groups attached to an aromatic ring is 1. The number of pyridine rings is 1. The fraction of sp³-hybridized carbons (Fsp3) is 0.200. The summed E-state index contributed by atoms with van der Waals surface area (Å²) in [7, 11) is 0. The number of nitrogens with two attached hydrogens (primary N) is 1. The van der Waals surface area contributed by atoms with Crippen LogP contribution in [0.15, 0.2) is 43.1 Å². The van der Waals surface area contributed by atoms with Crippen molar-refractivity contribution in [3.05, 3.63) is 60.1 Å². The van der Waals surface area contributed by atoms with Crippen LogP contribution in [0.3, 0.4) is 0 Å². The molecule has 10 heteroatoms. The van der Waals surface area contributed by atoms with Crippen LogP contribution in [0.2, 0.25) is 0 Å². The van der Waals surface area contributed by atoms with Gasteiger partial charge in [-0.1, -0.05) is 11.8 Å². The summed E-state index contributed by atoms with van der Waals surface area (Å²) in [5.74, 6) is 7.03. The zero-order valence-electron chi connectivity index (χ0n) is 16.1. The topological polar surface area (TPSA) is 132 Å². The Morgan fingerprint density at radius 1 is 1.13 bits per heavy atom. The van der Waals surface area contributed by atoms with Crippen molar-refractivity contribution in [2.24, 2.45) is 0 Å². The van der Waals surface area contributed by atoms with Crippen molar-refractivity contribution < 1.29 is 9.53 Å². The molecule has 0 fully saturated rings. The minimum atomic E-state index is -0.355. The van der Waals surface area contributed by atoms with E-state index in [4.69, 9.17) is 10.5 Å². The Morgan fingerprint density at radius 2 is 1.83 bits per heavy atom. The summed E-state index contributed by atoms with van der Waals surface area (Å²) in [6.07, 6.45) is 7.94. The summed E-state index contributed by atoms with van der Waals surface area (Å²) in [6.45, 7) is 2.55. The zero-order valence-corrected chi connectivity index (χ0v) is 16.1. The van der Waals surface area contributed by atoms with E-state index in [1.807, 2.05) is 6.92 Å². The summed E-state index contributed by atoms with van der Waals surface area (Å²) in [5, 5.41) is 2.90. The van der Waals surface area contributed by atoms with Gasteiger partial charge in [-0.05, 0) is 19.1 Å². The largest absolute Gasteiger partial charge is 0.474 e. The molecule has 0 spiro atoms. The van der Waals surface area contributed by atoms with Crippen molar-refractivity contribution in [1.29, 1.82) is 0 Å². The first-order valence-electron chi connectivity index (χ1n) is 9.17. The lowest BCUT2D eigenvalue weighted by Crippen LogP contribution is -2.45. The molecule has 10 nitrogen and oxygen atoms in total. The Morgan fingerprint density at radius 3 is 2.60 bits per heavy atom. The Bertz CT molecular complexity index is 1110. The average molecular weight is 402 g/mol. The van der Waals surface area contributed by atoms with Crippen molar-refractivity contribution in [1.82, 2.24) is 30.2 Å². The van der Waals surface area contributed by atoms with E-state index >= 15 is 0 Å². The predicted molar refractivity (Wildman–Crippen MR) is 108 cm³/mol. The number of nitrogens with zero attached hydrogens (tertiary/aromatic N) is 6. The number of carbonyl (C=O) groups excluding carboxylic acids is 1. The van der Waals surface area contributed by atoms with Gasteiger partial charge in [0.2, 0.25) is 11.8 Å². The quantitative estimate of drug-likeness (QED) is 0.613. The van der Waals surface area contributed by atoms with Gasteiger partial charge in [0.15, 0.2) is 0 Å². The number of aromatic nitrogens is 5. The number of anilines is 2. The maximum Gasteiger partial charge on any atom is 0.322 e. The van der Waals surface area contributed by atoms with Crippen LogP contribution < -0.4 is 20.7 Å². The maximum absolute atomic E-state index is 12.9. The molecule has 4 rings (SSSR count). The number of fused-ring (bicyclic) bond motifs is 1. The number of carbonyl (C=O) groups is 1. The van der Waals surface area contributed by atoms with Crippen LogP contribution in [0.4, 0.5) is 16.4 Å². The van der Waals surface area contributed by atoms with Gasteiger partial charge in [-0.3, -0.25) is 4.90 Å². The summed E-state index contributed by atoms with van der Waals surface area (Å²) in [5.41, 5.74) is 7.26. The molecule has 4 heterocycles. The average Bonchev–Trinajstić information content (AvgIpc) is 2.78. The summed E-state index contributed by atoms with van der Waals surface area (Å²) in [6, 6.07) is 2.83. The van der Waals surface area contributed by atoms with E-state index in [0.29, 0.717) is 41.7 Å². The smallest absolute Gasteiger partial charge is 0.322 e. The number of hydrogen-bond donors (Lipinski definition) is 2. The van der Waals surface area contributed by atoms with Crippen molar-refractivity contribution >= 4 is 17.7 Å². The Kier molecular flexibility index (Phi) is 5.34. The Labute approximate surface area is 172 Å². The van der Waals surface area contributed by atoms with E-state index < -0.39 is 0 Å². The molecular formula is C20H18N8O2. The second kappa shape index (κ2) is 8.40. The van der Waals surface area contributed by atoms with E-state index in [1.54, 1.807) is 35.6 Å². The molecule has 0 saturated heterocycles. The molecule has 3 aromatic heterocycles. The van der Waals surface area contributed by atoms with Gasteiger partial charge in [-0.25, -0.2) is 29.7 Å². The number of hydrogen-bond acceptors (Lipinski definition) is 8. The molecule has 0 radical (unpaired) electrons. The van der Waals surface area contributed by atoms with Gasteiger partial charge in [-0.2, -0.15) is 0 Å². The Balaban J connectivity index is 1.55. The van der Waals surface area contributed by atoms with E-state index in [1.165, 1.54) is 12.4 Å². The van der Waals surface area contributed by atoms with Crippen LogP contribution in [-0.2, 0) is 0 Å². The zero-order chi connectivity index (χ0) is 20.9. The highest BCUT2D eigenvalue weighted by Crippen LogP contribution is 2.30. The first kappa shape index (κ1) is 19.1. The summed E-state index contributed by atoms with van der Waals surface area (Å²) >= 11 is 0. The third-order valence-electron chi connectivity index (χ3n) is 4.26. The molecular weight excluding hydrogens is 384 g/mol. The van der Waals surface area contributed by atoms with E-state index in [9.17, 15) is 4.79 Å². The fourth-order valence-corrected chi connectivity index (χ4v) is 2.79. The monoisotopic (exact) mass is 402 g/mol. The van der Waals surface area contributed by atoms with Crippen LogP contribution in [-0.4, -0.2) is 44.1 Å². The first-order valence-corrected chi connectivity index (χ1v) is 9.17. The highest BCUT2D eigenvalue weighted by Gasteiger charge is 2.26. The van der Waals surface area contributed by atoms with Gasteiger partial charge in [0.25, 0.3) is 0 Å². The highest BCUT2D eigenvalue weighted by atomic mass is 16.5. The molecule has 0 aliphatic carbocycles. The fourth-order valence-electron chi connectivity index (χ4n) is 2.79. The number of amides is 2. The number of urea groups is 1. The molecule has 0 bridgehead atoms. The molecule has 3 N–H and O–H groups in total. The molecule has 3 aromatic rings. The van der Waals surface area contributed by atoms with E-state index in [-0.39, 0.29) is 18.0 Å². The van der Waals surface area contributed by atoms with Crippen molar-refractivity contribution in [3.8, 4) is 17.7 Å². The van der Waals surface area contributed by atoms with Crippen LogP contribution in [0.5, 0.6) is 5.88 Å². The minimum absolute atomic E-state index is 0.185. The Hall–Kier alpha value is -4.26. The second-order valence-corrected chi connectivity index (χ2v) is 6.41. The lowest BCUT2D eigenvalue weighted by Gasteiger charge is -2.29. The van der Waals surface area contributed by atoms with Crippen molar-refractivity contribution in [2.45, 2.75) is 13.0 Å². The predicted octanol–water partition coefficient (Wildman–Crippen LogP) is 1.31. The van der Waals surface area contributed by atoms with Gasteiger partial charge in [0.05, 0.1) is 18.2 Å². The van der Waals surface area contributed by atoms with E-state index in [0.717, 1.165) is 0 Å². The summed E-state index contributed by atoms with van der Waals surface area (Å²) in [4.78, 5) is 34.9. The maximum atomic E-state index is 12.9. The molecule has 0 saturated carbocycles. The molecule has 1 aliphatic rings. The molecule has 0 aromatic carbocycles. The first-order chi connectivity index (χ1) is 14.6. The molecule has 2 amide bonds. The molecule has 1 aliphatic heterocycles. The van der Waals surface area contributed by atoms with Crippen molar-refractivity contribution in [2.75, 3.05) is 23.8 Å². The van der Waals surface area contributed by atoms with Crippen LogP contribution in [0.25, 0.3) is 0 Å². The highest BCUT2D eigenvalue weighted by molar-refractivity contribution is 5.94. The van der Waals surface area contributed by atoms with E-state index in [2.05, 4.69) is 42.1 Å². The number of ether oxygens (including phenoxy) is 1.